The first-order valence-electron chi connectivity index (χ1n) is 3.93. The molecule has 2 nitrogen and oxygen atoms in total. The van der Waals surface area contributed by atoms with Crippen LogP contribution >= 0.6 is 0 Å². The van der Waals surface area contributed by atoms with E-state index >= 15 is 0 Å². The van der Waals surface area contributed by atoms with Crippen molar-refractivity contribution in [3.05, 3.63) is 48.2 Å². The van der Waals surface area contributed by atoms with Gasteiger partial charge in [-0.15, -0.1) is 0 Å². The summed E-state index contributed by atoms with van der Waals surface area (Å²) in [5.74, 6) is 0.334. The molecule has 1 unspecified atom stereocenters. The van der Waals surface area contributed by atoms with Gasteiger partial charge in [-0.1, -0.05) is 43.3 Å². The molecule has 0 radical (unpaired) electrons. The zero-order valence-corrected chi connectivity index (χ0v) is 7.07. The van der Waals surface area contributed by atoms with Crippen molar-refractivity contribution in [2.45, 2.75) is 12.8 Å². The smallest absolute Gasteiger partial charge is 0.0454 e. The Hall–Kier alpha value is -1.44. The highest BCUT2D eigenvalue weighted by Gasteiger charge is 1.97. The standard InChI is InChI=1S/C10H12N2/c1-9(7-8-12-11)10-5-3-2-4-6-10/h2-9,11H,1H3. The summed E-state index contributed by atoms with van der Waals surface area (Å²) < 4.78 is 0. The van der Waals surface area contributed by atoms with Gasteiger partial charge in [-0.25, -0.2) is 5.53 Å². The molecule has 0 spiro atoms. The molecule has 1 N–H and O–H groups in total. The van der Waals surface area contributed by atoms with Gasteiger partial charge in [0.05, 0.1) is 0 Å². The lowest BCUT2D eigenvalue weighted by atomic mass is 10.0. The summed E-state index contributed by atoms with van der Waals surface area (Å²) >= 11 is 0. The third-order valence-electron chi connectivity index (χ3n) is 1.77. The van der Waals surface area contributed by atoms with Crippen molar-refractivity contribution in [1.29, 1.82) is 5.53 Å². The van der Waals surface area contributed by atoms with Crippen LogP contribution in [-0.2, 0) is 0 Å². The van der Waals surface area contributed by atoms with E-state index in [1.165, 1.54) is 11.8 Å². The number of rotatable bonds is 3. The molecule has 12 heavy (non-hydrogen) atoms. The predicted octanol–water partition coefficient (Wildman–Crippen LogP) is 3.33. The molecule has 0 saturated heterocycles. The quantitative estimate of drug-likeness (QED) is 0.658. The first-order valence-corrected chi connectivity index (χ1v) is 3.93. The number of allylic oxidation sites excluding steroid dienone is 1. The largest absolute Gasteiger partial charge is 0.205 e. The van der Waals surface area contributed by atoms with Crippen LogP contribution in [0.4, 0.5) is 0 Å². The fourth-order valence-corrected chi connectivity index (χ4v) is 1.04. The Labute approximate surface area is 72.4 Å². The number of nitrogens with zero attached hydrogens (tertiary/aromatic N) is 1. The normalized spacial score (nSPS) is 13.1. The van der Waals surface area contributed by atoms with E-state index in [4.69, 9.17) is 5.53 Å². The van der Waals surface area contributed by atoms with Gasteiger partial charge in [0.2, 0.25) is 0 Å². The van der Waals surface area contributed by atoms with Crippen LogP contribution in [0.15, 0.2) is 47.7 Å². The molecule has 1 atom stereocenters. The van der Waals surface area contributed by atoms with E-state index in [9.17, 15) is 0 Å². The maximum Gasteiger partial charge on any atom is 0.0454 e. The molecule has 0 aliphatic rings. The minimum absolute atomic E-state index is 0.334. The van der Waals surface area contributed by atoms with Crippen LogP contribution in [0.3, 0.4) is 0 Å². The molecular formula is C10H12N2. The van der Waals surface area contributed by atoms with Gasteiger partial charge in [-0.2, -0.15) is 5.11 Å². The molecule has 0 heterocycles. The molecule has 1 aromatic carbocycles. The maximum atomic E-state index is 6.60. The second-order valence-electron chi connectivity index (χ2n) is 2.67. The zero-order chi connectivity index (χ0) is 8.81. The molecule has 0 amide bonds. The number of nitrogens with one attached hydrogen (secondary N) is 1. The average molecular weight is 160 g/mol. The van der Waals surface area contributed by atoms with E-state index in [0.717, 1.165) is 0 Å². The van der Waals surface area contributed by atoms with Gasteiger partial charge < -0.3 is 0 Å². The zero-order valence-electron chi connectivity index (χ0n) is 7.07. The van der Waals surface area contributed by atoms with E-state index in [2.05, 4.69) is 24.2 Å². The third kappa shape index (κ3) is 2.31. The summed E-state index contributed by atoms with van der Waals surface area (Å²) in [5.41, 5.74) is 7.84. The van der Waals surface area contributed by atoms with Crippen molar-refractivity contribution < 1.29 is 0 Å². The second-order valence-corrected chi connectivity index (χ2v) is 2.67. The summed E-state index contributed by atoms with van der Waals surface area (Å²) in [6, 6.07) is 10.2. The van der Waals surface area contributed by atoms with Crippen molar-refractivity contribution >= 4 is 0 Å². The molecule has 0 aromatic heterocycles. The van der Waals surface area contributed by atoms with Crippen LogP contribution in [0.25, 0.3) is 0 Å². The van der Waals surface area contributed by atoms with Crippen LogP contribution in [-0.4, -0.2) is 0 Å². The lowest BCUT2D eigenvalue weighted by molar-refractivity contribution is 0.955. The summed E-state index contributed by atoms with van der Waals surface area (Å²) in [6.07, 6.45) is 3.42. The highest BCUT2D eigenvalue weighted by atomic mass is 14.9. The van der Waals surface area contributed by atoms with Gasteiger partial charge >= 0.3 is 0 Å². The fraction of sp³-hybridized carbons (Fsp3) is 0.200. The van der Waals surface area contributed by atoms with Crippen molar-refractivity contribution in [3.63, 3.8) is 0 Å². The first-order chi connectivity index (χ1) is 5.84. The molecule has 1 rings (SSSR count). The van der Waals surface area contributed by atoms with Crippen LogP contribution in [0, 0.1) is 5.53 Å². The van der Waals surface area contributed by atoms with Crippen molar-refractivity contribution in [2.75, 3.05) is 0 Å². The van der Waals surface area contributed by atoms with Crippen molar-refractivity contribution in [3.8, 4) is 0 Å². The Balaban J connectivity index is 2.71. The Kier molecular flexibility index (Phi) is 3.20. The highest BCUT2D eigenvalue weighted by Crippen LogP contribution is 2.15. The molecule has 0 fully saturated rings. The number of hydrogen-bond donors (Lipinski definition) is 1. The van der Waals surface area contributed by atoms with Crippen LogP contribution in [0.2, 0.25) is 0 Å². The predicted molar refractivity (Wildman–Crippen MR) is 49.1 cm³/mol. The van der Waals surface area contributed by atoms with E-state index < -0.39 is 0 Å². The van der Waals surface area contributed by atoms with Crippen molar-refractivity contribution in [2.24, 2.45) is 5.11 Å². The molecule has 2 heteroatoms. The lowest BCUT2D eigenvalue weighted by Crippen LogP contribution is -1.86. The molecule has 62 valence electrons. The van der Waals surface area contributed by atoms with E-state index in [0.29, 0.717) is 5.92 Å². The third-order valence-corrected chi connectivity index (χ3v) is 1.77. The minimum Gasteiger partial charge on any atom is -0.205 e. The number of hydrogen-bond acceptors (Lipinski definition) is 2. The van der Waals surface area contributed by atoms with Gasteiger partial charge in [0, 0.05) is 12.1 Å². The van der Waals surface area contributed by atoms with E-state index in [-0.39, 0.29) is 0 Å². The van der Waals surface area contributed by atoms with Gasteiger partial charge in [0.15, 0.2) is 0 Å². The molecular weight excluding hydrogens is 148 g/mol. The van der Waals surface area contributed by atoms with Crippen LogP contribution in [0.1, 0.15) is 18.4 Å². The lowest BCUT2D eigenvalue weighted by Gasteiger charge is -2.04. The van der Waals surface area contributed by atoms with Gasteiger partial charge in [0.1, 0.15) is 0 Å². The van der Waals surface area contributed by atoms with Crippen LogP contribution < -0.4 is 0 Å². The SMILES string of the molecule is CC(C=CN=N)c1ccccc1. The molecule has 0 saturated carbocycles. The average Bonchev–Trinajstić information content (AvgIpc) is 2.15. The molecule has 0 aliphatic carbocycles. The monoisotopic (exact) mass is 160 g/mol. The summed E-state index contributed by atoms with van der Waals surface area (Å²) in [5, 5.41) is 3.17. The minimum atomic E-state index is 0.334. The highest BCUT2D eigenvalue weighted by molar-refractivity contribution is 5.22. The number of benzene rings is 1. The Morgan fingerprint density at radius 1 is 1.33 bits per heavy atom. The fourth-order valence-electron chi connectivity index (χ4n) is 1.04. The maximum absolute atomic E-state index is 6.60. The van der Waals surface area contributed by atoms with E-state index in [1.807, 2.05) is 24.3 Å². The summed E-state index contributed by atoms with van der Waals surface area (Å²) in [6.45, 7) is 2.08. The summed E-state index contributed by atoms with van der Waals surface area (Å²) in [7, 11) is 0. The Morgan fingerprint density at radius 2 is 2.00 bits per heavy atom. The topological polar surface area (TPSA) is 36.2 Å². The molecule has 0 aliphatic heterocycles. The van der Waals surface area contributed by atoms with Gasteiger partial charge in [-0.3, -0.25) is 0 Å². The van der Waals surface area contributed by atoms with Gasteiger partial charge in [0.25, 0.3) is 0 Å². The van der Waals surface area contributed by atoms with E-state index in [1.54, 1.807) is 0 Å². The van der Waals surface area contributed by atoms with Crippen LogP contribution in [0.5, 0.6) is 0 Å². The molecule has 1 aromatic rings. The van der Waals surface area contributed by atoms with Gasteiger partial charge in [-0.05, 0) is 5.56 Å². The molecule has 0 bridgehead atoms. The second kappa shape index (κ2) is 4.44. The van der Waals surface area contributed by atoms with Crippen molar-refractivity contribution in [1.82, 2.24) is 0 Å². The summed E-state index contributed by atoms with van der Waals surface area (Å²) in [4.78, 5) is 0. The first kappa shape index (κ1) is 8.65. The Bertz CT molecular complexity index is 264. The Morgan fingerprint density at radius 3 is 2.58 bits per heavy atom.